The maximum Gasteiger partial charge on any atom is 0.0599 e. The van der Waals surface area contributed by atoms with E-state index < -0.39 is 0 Å². The topological polar surface area (TPSA) is 27.8 Å². The van der Waals surface area contributed by atoms with Crippen LogP contribution in [-0.2, 0) is 0 Å². The Morgan fingerprint density at radius 3 is 2.75 bits per heavy atom. The van der Waals surface area contributed by atoms with E-state index in [0.717, 1.165) is 9.99 Å². The van der Waals surface area contributed by atoms with Gasteiger partial charge in [0.05, 0.1) is 5.52 Å². The highest BCUT2D eigenvalue weighted by Gasteiger charge is 2.10. The molecule has 0 amide bonds. The van der Waals surface area contributed by atoms with E-state index in [1.807, 2.05) is 6.20 Å². The van der Waals surface area contributed by atoms with Crippen LogP contribution in [-0.4, -0.2) is 10.5 Å². The second-order valence-corrected chi connectivity index (χ2v) is 6.54. The van der Waals surface area contributed by atoms with Crippen LogP contribution < -0.4 is 4.72 Å². The molecule has 4 heteroatoms. The van der Waals surface area contributed by atoms with Gasteiger partial charge in [-0.05, 0) is 66.8 Å². The fourth-order valence-corrected chi connectivity index (χ4v) is 2.90. The number of rotatable bonds is 2. The zero-order valence-corrected chi connectivity index (χ0v) is 12.0. The molecule has 0 aliphatic rings. The van der Waals surface area contributed by atoms with Gasteiger partial charge < -0.3 is 4.98 Å². The summed E-state index contributed by atoms with van der Waals surface area (Å²) in [7, 11) is 0. The average Bonchev–Trinajstić information content (AvgIpc) is 2.62. The molecule has 2 nitrogen and oxygen atoms in total. The van der Waals surface area contributed by atoms with E-state index in [1.165, 1.54) is 10.3 Å². The van der Waals surface area contributed by atoms with Crippen LogP contribution in [0.3, 0.4) is 0 Å². The first-order valence-electron chi connectivity index (χ1n) is 5.16. The molecule has 1 aromatic carbocycles. The summed E-state index contributed by atoms with van der Waals surface area (Å²) in [6, 6.07) is 6.39. The standard InChI is InChI=1S/C12H15BrN2S/c1-12(2,3)15-16-9-6-8-4-5-14-11(8)10(13)7-9/h4-7,14-15H,1-3H3. The lowest BCUT2D eigenvalue weighted by molar-refractivity contribution is 0.535. The Kier molecular flexibility index (Phi) is 3.33. The number of benzene rings is 1. The van der Waals surface area contributed by atoms with Crippen molar-refractivity contribution in [1.29, 1.82) is 0 Å². The zero-order valence-electron chi connectivity index (χ0n) is 9.60. The normalized spacial score (nSPS) is 12.2. The molecule has 0 saturated heterocycles. The van der Waals surface area contributed by atoms with E-state index in [4.69, 9.17) is 0 Å². The van der Waals surface area contributed by atoms with Gasteiger partial charge in [-0.1, -0.05) is 0 Å². The van der Waals surface area contributed by atoms with Crippen molar-refractivity contribution in [3.8, 4) is 0 Å². The average molecular weight is 299 g/mol. The number of halogens is 1. The van der Waals surface area contributed by atoms with Crippen molar-refractivity contribution in [3.63, 3.8) is 0 Å². The number of hydrogen-bond acceptors (Lipinski definition) is 2. The van der Waals surface area contributed by atoms with Gasteiger partial charge in [-0.3, -0.25) is 4.72 Å². The van der Waals surface area contributed by atoms with Crippen LogP contribution in [0, 0.1) is 0 Å². The summed E-state index contributed by atoms with van der Waals surface area (Å²) >= 11 is 5.24. The Hall–Kier alpha value is -0.450. The van der Waals surface area contributed by atoms with Gasteiger partial charge in [0.2, 0.25) is 0 Å². The second kappa shape index (κ2) is 4.43. The van der Waals surface area contributed by atoms with Crippen molar-refractivity contribution in [2.24, 2.45) is 0 Å². The van der Waals surface area contributed by atoms with E-state index in [1.54, 1.807) is 11.9 Å². The van der Waals surface area contributed by atoms with Gasteiger partial charge in [-0.2, -0.15) is 0 Å². The summed E-state index contributed by atoms with van der Waals surface area (Å²) in [4.78, 5) is 4.43. The Labute approximate surface area is 108 Å². The quantitative estimate of drug-likeness (QED) is 0.808. The lowest BCUT2D eigenvalue weighted by Crippen LogP contribution is -2.29. The molecule has 0 fully saturated rings. The van der Waals surface area contributed by atoms with Crippen LogP contribution in [0.2, 0.25) is 0 Å². The van der Waals surface area contributed by atoms with Gasteiger partial charge >= 0.3 is 0 Å². The smallest absolute Gasteiger partial charge is 0.0599 e. The molecule has 0 unspecified atom stereocenters. The van der Waals surface area contributed by atoms with Crippen LogP contribution in [0.1, 0.15) is 20.8 Å². The Balaban J connectivity index is 2.25. The van der Waals surface area contributed by atoms with Gasteiger partial charge in [0.15, 0.2) is 0 Å². The van der Waals surface area contributed by atoms with Crippen molar-refractivity contribution in [2.45, 2.75) is 31.2 Å². The molecular weight excluding hydrogens is 284 g/mol. The molecular formula is C12H15BrN2S. The van der Waals surface area contributed by atoms with Crippen molar-refractivity contribution in [1.82, 2.24) is 9.71 Å². The maximum atomic E-state index is 3.57. The first kappa shape index (κ1) is 12.0. The van der Waals surface area contributed by atoms with Gasteiger partial charge in [-0.15, -0.1) is 0 Å². The van der Waals surface area contributed by atoms with E-state index in [9.17, 15) is 0 Å². The van der Waals surface area contributed by atoms with Crippen LogP contribution in [0.25, 0.3) is 10.9 Å². The number of nitrogens with one attached hydrogen (secondary N) is 2. The predicted octanol–water partition coefficient (Wildman–Crippen LogP) is 4.33. The van der Waals surface area contributed by atoms with E-state index in [2.05, 4.69) is 64.6 Å². The minimum atomic E-state index is 0.115. The first-order chi connectivity index (χ1) is 7.46. The van der Waals surface area contributed by atoms with Crippen LogP contribution >= 0.6 is 27.9 Å². The van der Waals surface area contributed by atoms with E-state index >= 15 is 0 Å². The van der Waals surface area contributed by atoms with Crippen molar-refractivity contribution < 1.29 is 0 Å². The number of hydrogen-bond donors (Lipinski definition) is 2. The third-order valence-electron chi connectivity index (χ3n) is 2.06. The Morgan fingerprint density at radius 1 is 1.31 bits per heavy atom. The Morgan fingerprint density at radius 2 is 2.06 bits per heavy atom. The lowest BCUT2D eigenvalue weighted by Gasteiger charge is -2.19. The van der Waals surface area contributed by atoms with E-state index in [0.29, 0.717) is 0 Å². The van der Waals surface area contributed by atoms with Gasteiger partial charge in [0.25, 0.3) is 0 Å². The summed E-state index contributed by atoms with van der Waals surface area (Å²) in [5.74, 6) is 0. The van der Waals surface area contributed by atoms with Crippen molar-refractivity contribution in [2.75, 3.05) is 0 Å². The largest absolute Gasteiger partial charge is 0.360 e. The van der Waals surface area contributed by atoms with Gasteiger partial charge in [0, 0.05) is 26.5 Å². The van der Waals surface area contributed by atoms with Crippen LogP contribution in [0.4, 0.5) is 0 Å². The van der Waals surface area contributed by atoms with Crippen molar-refractivity contribution in [3.05, 3.63) is 28.9 Å². The highest BCUT2D eigenvalue weighted by molar-refractivity contribution is 9.10. The summed E-state index contributed by atoms with van der Waals surface area (Å²) in [6.45, 7) is 6.47. The minimum Gasteiger partial charge on any atom is -0.360 e. The minimum absolute atomic E-state index is 0.115. The summed E-state index contributed by atoms with van der Waals surface area (Å²) in [5, 5.41) is 1.23. The molecule has 0 bridgehead atoms. The van der Waals surface area contributed by atoms with E-state index in [-0.39, 0.29) is 5.54 Å². The highest BCUT2D eigenvalue weighted by atomic mass is 79.9. The third kappa shape index (κ3) is 2.81. The highest BCUT2D eigenvalue weighted by Crippen LogP contribution is 2.29. The maximum absolute atomic E-state index is 3.57. The molecule has 0 spiro atoms. The first-order valence-corrected chi connectivity index (χ1v) is 6.77. The zero-order chi connectivity index (χ0) is 11.8. The summed E-state index contributed by atoms with van der Waals surface area (Å²) in [6.07, 6.45) is 1.96. The summed E-state index contributed by atoms with van der Waals surface area (Å²) < 4.78 is 4.51. The Bertz CT molecular complexity index is 499. The molecule has 86 valence electrons. The third-order valence-corrected chi connectivity index (χ3v) is 3.87. The number of fused-ring (bicyclic) bond motifs is 1. The molecule has 0 saturated carbocycles. The fraction of sp³-hybridized carbons (Fsp3) is 0.333. The molecule has 0 atom stereocenters. The second-order valence-electron chi connectivity index (χ2n) is 4.80. The SMILES string of the molecule is CC(C)(C)NSc1cc(Br)c2[nH]ccc2c1. The molecule has 1 heterocycles. The molecule has 0 radical (unpaired) electrons. The fourth-order valence-electron chi connectivity index (χ4n) is 1.37. The number of H-pyrrole nitrogens is 1. The molecule has 0 aliphatic heterocycles. The number of aromatic amines is 1. The lowest BCUT2D eigenvalue weighted by atomic mass is 10.1. The van der Waals surface area contributed by atoms with Crippen LogP contribution in [0.5, 0.6) is 0 Å². The van der Waals surface area contributed by atoms with Crippen LogP contribution in [0.15, 0.2) is 33.8 Å². The molecule has 2 aromatic rings. The van der Waals surface area contributed by atoms with Crippen molar-refractivity contribution >= 4 is 38.8 Å². The van der Waals surface area contributed by atoms with Gasteiger partial charge in [-0.25, -0.2) is 0 Å². The molecule has 2 rings (SSSR count). The molecule has 2 N–H and O–H groups in total. The molecule has 16 heavy (non-hydrogen) atoms. The van der Waals surface area contributed by atoms with Gasteiger partial charge in [0.1, 0.15) is 0 Å². The molecule has 0 aliphatic carbocycles. The molecule has 1 aromatic heterocycles. The monoisotopic (exact) mass is 298 g/mol. The summed E-state index contributed by atoms with van der Waals surface area (Å²) in [5.41, 5.74) is 1.27. The number of aromatic nitrogens is 1. The predicted molar refractivity (Wildman–Crippen MR) is 74.7 cm³/mol.